The lowest BCUT2D eigenvalue weighted by Gasteiger charge is -2.13. The number of anilines is 1. The number of carbonyl (C=O) groups excluding carboxylic acids is 1. The van der Waals surface area contributed by atoms with Crippen molar-refractivity contribution in [3.63, 3.8) is 0 Å². The Kier molecular flexibility index (Phi) is 6.52. The van der Waals surface area contributed by atoms with E-state index >= 15 is 0 Å². The van der Waals surface area contributed by atoms with Gasteiger partial charge in [0, 0.05) is 38.2 Å². The number of fused-ring (bicyclic) bond motifs is 1. The first-order chi connectivity index (χ1) is 15.5. The predicted octanol–water partition coefficient (Wildman–Crippen LogP) is 3.09. The molecule has 0 bridgehead atoms. The molecular weight excluding hydrogens is 444 g/mol. The van der Waals surface area contributed by atoms with E-state index in [9.17, 15) is 9.59 Å². The van der Waals surface area contributed by atoms with Gasteiger partial charge in [-0.15, -0.1) is 6.58 Å². The highest BCUT2D eigenvalue weighted by Crippen LogP contribution is 2.33. The van der Waals surface area contributed by atoms with E-state index in [2.05, 4.69) is 16.9 Å². The topological polar surface area (TPSA) is 84.5 Å². The number of hydrogen-bond acceptors (Lipinski definition) is 7. The number of rotatable bonds is 8. The first-order valence-electron chi connectivity index (χ1n) is 10.1. The lowest BCUT2D eigenvalue weighted by atomic mass is 10.2. The molecule has 1 aliphatic heterocycles. The van der Waals surface area contributed by atoms with Crippen LogP contribution in [0, 0.1) is 6.92 Å². The van der Waals surface area contributed by atoms with Crippen LogP contribution in [-0.2, 0) is 11.3 Å². The van der Waals surface area contributed by atoms with Crippen LogP contribution in [0.3, 0.4) is 0 Å². The van der Waals surface area contributed by atoms with E-state index in [-0.39, 0.29) is 11.5 Å². The van der Waals surface area contributed by atoms with E-state index in [1.165, 1.54) is 21.1 Å². The quantitative estimate of drug-likeness (QED) is 0.236. The van der Waals surface area contributed by atoms with Gasteiger partial charge in [-0.3, -0.25) is 18.9 Å². The average molecular weight is 467 g/mol. The van der Waals surface area contributed by atoms with Crippen molar-refractivity contribution in [2.24, 2.45) is 0 Å². The van der Waals surface area contributed by atoms with Gasteiger partial charge >= 0.3 is 0 Å². The summed E-state index contributed by atoms with van der Waals surface area (Å²) in [6.45, 7) is 7.30. The second-order valence-electron chi connectivity index (χ2n) is 7.23. The van der Waals surface area contributed by atoms with Crippen LogP contribution in [0.4, 0.5) is 5.82 Å². The predicted molar refractivity (Wildman–Crippen MR) is 132 cm³/mol. The number of carbonyl (C=O) groups is 1. The molecule has 0 saturated carbocycles. The summed E-state index contributed by atoms with van der Waals surface area (Å²) in [5, 5.41) is 3.29. The molecular formula is C22H22N6O2S2. The molecule has 4 heterocycles. The standard InChI is InChI=1S/C22H22N6O2S2/c1-3-9-28-21(30)17(32-22(28)31)13-16-18(24-7-5-10-26-12-8-23-14-26)25-19-15(2)6-4-11-27(19)20(16)29/h3-4,6,8,11-14,24H,1,5,7,9-10H2,2H3/b17-13-. The van der Waals surface area contributed by atoms with E-state index in [1.807, 2.05) is 23.8 Å². The number of nitrogens with zero attached hydrogens (tertiary/aromatic N) is 5. The molecule has 1 aliphatic rings. The van der Waals surface area contributed by atoms with Crippen LogP contribution in [0.1, 0.15) is 17.5 Å². The minimum absolute atomic E-state index is 0.236. The molecule has 0 radical (unpaired) electrons. The molecule has 0 aliphatic carbocycles. The average Bonchev–Trinajstić information content (AvgIpc) is 3.38. The highest BCUT2D eigenvalue weighted by molar-refractivity contribution is 8.26. The molecule has 1 fully saturated rings. The minimum atomic E-state index is -0.246. The maximum Gasteiger partial charge on any atom is 0.267 e. The van der Waals surface area contributed by atoms with E-state index in [0.29, 0.717) is 39.3 Å². The third kappa shape index (κ3) is 4.37. The van der Waals surface area contributed by atoms with Crippen LogP contribution >= 0.6 is 24.0 Å². The fourth-order valence-corrected chi connectivity index (χ4v) is 4.64. The zero-order chi connectivity index (χ0) is 22.7. The third-order valence-corrected chi connectivity index (χ3v) is 6.37. The molecule has 0 atom stereocenters. The van der Waals surface area contributed by atoms with Crippen molar-refractivity contribution in [2.45, 2.75) is 19.9 Å². The summed E-state index contributed by atoms with van der Waals surface area (Å²) >= 11 is 6.49. The summed E-state index contributed by atoms with van der Waals surface area (Å²) in [6, 6.07) is 3.71. The Morgan fingerprint density at radius 1 is 1.31 bits per heavy atom. The van der Waals surface area contributed by atoms with E-state index in [0.717, 1.165) is 18.5 Å². The summed E-state index contributed by atoms with van der Waals surface area (Å²) in [5.74, 6) is 0.212. The Bertz CT molecular complexity index is 1280. The van der Waals surface area contributed by atoms with Crippen molar-refractivity contribution in [1.82, 2.24) is 23.8 Å². The largest absolute Gasteiger partial charge is 0.369 e. The van der Waals surface area contributed by atoms with Crippen LogP contribution in [-0.4, -0.2) is 47.2 Å². The van der Waals surface area contributed by atoms with Crippen LogP contribution in [0.15, 0.2) is 59.4 Å². The normalized spacial score (nSPS) is 15.2. The summed E-state index contributed by atoms with van der Waals surface area (Å²) in [6.07, 6.45) is 11.1. The Morgan fingerprint density at radius 3 is 2.91 bits per heavy atom. The van der Waals surface area contributed by atoms with Gasteiger partial charge in [-0.25, -0.2) is 9.97 Å². The maximum atomic E-state index is 13.3. The van der Waals surface area contributed by atoms with Gasteiger partial charge in [0.05, 0.1) is 16.8 Å². The zero-order valence-corrected chi connectivity index (χ0v) is 19.2. The molecule has 4 rings (SSSR count). The second-order valence-corrected chi connectivity index (χ2v) is 8.90. The Balaban J connectivity index is 1.69. The number of nitrogens with one attached hydrogen (secondary N) is 1. The van der Waals surface area contributed by atoms with Crippen LogP contribution in [0.25, 0.3) is 11.7 Å². The van der Waals surface area contributed by atoms with Gasteiger partial charge in [0.2, 0.25) is 0 Å². The summed E-state index contributed by atoms with van der Waals surface area (Å²) in [5.41, 5.74) is 1.54. The van der Waals surface area contributed by atoms with Crippen molar-refractivity contribution in [3.05, 3.63) is 76.1 Å². The molecule has 10 heteroatoms. The number of imidazole rings is 1. The number of thioether (sulfide) groups is 1. The van der Waals surface area contributed by atoms with E-state index in [4.69, 9.17) is 17.2 Å². The van der Waals surface area contributed by atoms with Gasteiger partial charge in [-0.1, -0.05) is 36.1 Å². The van der Waals surface area contributed by atoms with E-state index in [1.54, 1.807) is 36.9 Å². The monoisotopic (exact) mass is 466 g/mol. The molecule has 164 valence electrons. The van der Waals surface area contributed by atoms with Crippen LogP contribution < -0.4 is 10.9 Å². The van der Waals surface area contributed by atoms with Gasteiger partial charge in [0.15, 0.2) is 0 Å². The fraction of sp³-hybridized carbons (Fsp3) is 0.227. The molecule has 8 nitrogen and oxygen atoms in total. The molecule has 0 spiro atoms. The highest BCUT2D eigenvalue weighted by Gasteiger charge is 2.31. The van der Waals surface area contributed by atoms with Crippen molar-refractivity contribution >= 4 is 51.7 Å². The Labute approximate surface area is 194 Å². The van der Waals surface area contributed by atoms with Crippen molar-refractivity contribution in [1.29, 1.82) is 0 Å². The van der Waals surface area contributed by atoms with Gasteiger partial charge in [0.1, 0.15) is 15.8 Å². The van der Waals surface area contributed by atoms with E-state index < -0.39 is 0 Å². The van der Waals surface area contributed by atoms with Crippen molar-refractivity contribution in [3.8, 4) is 0 Å². The third-order valence-electron chi connectivity index (χ3n) is 4.99. The molecule has 0 aromatic carbocycles. The first kappa shape index (κ1) is 22.0. The van der Waals surface area contributed by atoms with Gasteiger partial charge < -0.3 is 9.88 Å². The number of pyridine rings is 1. The summed E-state index contributed by atoms with van der Waals surface area (Å²) in [7, 11) is 0. The van der Waals surface area contributed by atoms with Crippen molar-refractivity contribution in [2.75, 3.05) is 18.4 Å². The zero-order valence-electron chi connectivity index (χ0n) is 17.5. The Hall–Kier alpha value is -3.24. The van der Waals surface area contributed by atoms with Gasteiger partial charge in [0.25, 0.3) is 11.5 Å². The molecule has 32 heavy (non-hydrogen) atoms. The van der Waals surface area contributed by atoms with Gasteiger partial charge in [-0.05, 0) is 31.1 Å². The van der Waals surface area contributed by atoms with Crippen molar-refractivity contribution < 1.29 is 4.79 Å². The summed E-state index contributed by atoms with van der Waals surface area (Å²) in [4.78, 5) is 36.7. The number of aryl methyl sites for hydroxylation is 2. The molecule has 3 aromatic rings. The number of amides is 1. The lowest BCUT2D eigenvalue weighted by Crippen LogP contribution is -2.28. The SMILES string of the molecule is C=CCN1C(=O)/C(=C/c2c(NCCCn3ccnc3)nc3c(C)cccn3c2=O)SC1=S. The maximum absolute atomic E-state index is 13.3. The van der Waals surface area contributed by atoms with Crippen LogP contribution in [0.2, 0.25) is 0 Å². The molecule has 0 unspecified atom stereocenters. The Morgan fingerprint density at radius 2 is 2.16 bits per heavy atom. The smallest absolute Gasteiger partial charge is 0.267 e. The second kappa shape index (κ2) is 9.49. The molecule has 3 aromatic heterocycles. The molecule has 1 N–H and O–H groups in total. The first-order valence-corrected chi connectivity index (χ1v) is 11.3. The van der Waals surface area contributed by atoms with Crippen LogP contribution in [0.5, 0.6) is 0 Å². The molecule has 1 saturated heterocycles. The number of aromatic nitrogens is 4. The number of thiocarbonyl (C=S) groups is 1. The molecule has 1 amide bonds. The number of hydrogen-bond donors (Lipinski definition) is 1. The summed E-state index contributed by atoms with van der Waals surface area (Å²) < 4.78 is 3.93. The fourth-order valence-electron chi connectivity index (χ4n) is 3.38. The highest BCUT2D eigenvalue weighted by atomic mass is 32.2. The minimum Gasteiger partial charge on any atom is -0.369 e. The lowest BCUT2D eigenvalue weighted by molar-refractivity contribution is -0.121. The van der Waals surface area contributed by atoms with Gasteiger partial charge in [-0.2, -0.15) is 0 Å².